The number of rotatable bonds is 6. The van der Waals surface area contributed by atoms with Crippen LogP contribution in [0.4, 0.5) is 5.95 Å². The fraction of sp³-hybridized carbons (Fsp3) is 0.375. The van der Waals surface area contributed by atoms with Gasteiger partial charge in [0.1, 0.15) is 0 Å². The van der Waals surface area contributed by atoms with E-state index in [0.29, 0.717) is 5.95 Å². The molecule has 0 unspecified atom stereocenters. The van der Waals surface area contributed by atoms with E-state index in [-0.39, 0.29) is 0 Å². The average Bonchev–Trinajstić information content (AvgIpc) is 2.76. The van der Waals surface area contributed by atoms with E-state index in [1.54, 1.807) is 10.9 Å². The Morgan fingerprint density at radius 2 is 2.00 bits per heavy atom. The first-order chi connectivity index (χ1) is 9.69. The van der Waals surface area contributed by atoms with Gasteiger partial charge in [-0.15, -0.1) is 0 Å². The van der Waals surface area contributed by atoms with Gasteiger partial charge < -0.3 is 5.73 Å². The molecule has 20 heavy (non-hydrogen) atoms. The van der Waals surface area contributed by atoms with Crippen molar-refractivity contribution in [2.45, 2.75) is 39.5 Å². The molecule has 2 rings (SSSR count). The molecule has 0 amide bonds. The lowest BCUT2D eigenvalue weighted by Crippen LogP contribution is -1.97. The summed E-state index contributed by atoms with van der Waals surface area (Å²) in [7, 11) is 0. The highest BCUT2D eigenvalue weighted by atomic mass is 15.4. The maximum Gasteiger partial charge on any atom is 0.221 e. The molecule has 0 radical (unpaired) electrons. The first-order valence-corrected chi connectivity index (χ1v) is 7.14. The Hall–Kier alpha value is -2.10. The molecule has 0 bridgehead atoms. The van der Waals surface area contributed by atoms with Crippen LogP contribution in [0.5, 0.6) is 0 Å². The summed E-state index contributed by atoms with van der Waals surface area (Å²) < 4.78 is 1.59. The summed E-state index contributed by atoms with van der Waals surface area (Å²) in [5, 5.41) is 4.31. The zero-order valence-electron chi connectivity index (χ0n) is 12.2. The summed E-state index contributed by atoms with van der Waals surface area (Å²) in [4.78, 5) is 4.11. The second kappa shape index (κ2) is 6.89. The lowest BCUT2D eigenvalue weighted by molar-refractivity contribution is 0.717. The number of benzene rings is 1. The van der Waals surface area contributed by atoms with Crippen LogP contribution in [-0.4, -0.2) is 15.9 Å². The molecule has 0 aliphatic heterocycles. The van der Waals surface area contributed by atoms with Crippen molar-refractivity contribution < 1.29 is 0 Å². The molecule has 106 valence electrons. The number of unbranched alkanes of at least 4 members (excludes halogenated alkanes) is 2. The van der Waals surface area contributed by atoms with E-state index >= 15 is 0 Å². The summed E-state index contributed by atoms with van der Waals surface area (Å²) in [6.45, 7) is 4.12. The SMILES string of the molecule is CCCCCc1ccc(C=Nn2cc(C)nc2N)cc1. The van der Waals surface area contributed by atoms with Gasteiger partial charge in [0.05, 0.1) is 18.1 Å². The predicted molar refractivity (Wildman–Crippen MR) is 84.0 cm³/mol. The molecule has 1 aromatic heterocycles. The van der Waals surface area contributed by atoms with Gasteiger partial charge in [0.15, 0.2) is 0 Å². The first-order valence-electron chi connectivity index (χ1n) is 7.14. The molecular weight excluding hydrogens is 248 g/mol. The van der Waals surface area contributed by atoms with Crippen molar-refractivity contribution in [3.8, 4) is 0 Å². The lowest BCUT2D eigenvalue weighted by Gasteiger charge is -2.01. The molecule has 2 aromatic rings. The third-order valence-electron chi connectivity index (χ3n) is 3.21. The Morgan fingerprint density at radius 3 is 2.60 bits per heavy atom. The Bertz CT molecular complexity index is 567. The molecule has 0 aliphatic carbocycles. The van der Waals surface area contributed by atoms with Gasteiger partial charge in [-0.2, -0.15) is 5.10 Å². The fourth-order valence-corrected chi connectivity index (χ4v) is 2.07. The summed E-state index contributed by atoms with van der Waals surface area (Å²) in [5.74, 6) is 0.412. The van der Waals surface area contributed by atoms with E-state index in [4.69, 9.17) is 5.73 Å². The predicted octanol–water partition coefficient (Wildman–Crippen LogP) is 3.39. The third kappa shape index (κ3) is 3.95. The van der Waals surface area contributed by atoms with Crippen LogP contribution in [0.3, 0.4) is 0 Å². The topological polar surface area (TPSA) is 56.2 Å². The lowest BCUT2D eigenvalue weighted by atomic mass is 10.1. The van der Waals surface area contributed by atoms with E-state index in [1.165, 1.54) is 24.8 Å². The molecule has 4 nitrogen and oxygen atoms in total. The van der Waals surface area contributed by atoms with Gasteiger partial charge in [0.2, 0.25) is 5.95 Å². The van der Waals surface area contributed by atoms with E-state index in [9.17, 15) is 0 Å². The van der Waals surface area contributed by atoms with Gasteiger partial charge in [0.25, 0.3) is 0 Å². The highest BCUT2D eigenvalue weighted by Crippen LogP contribution is 2.08. The molecule has 0 aliphatic rings. The highest BCUT2D eigenvalue weighted by Gasteiger charge is 1.98. The quantitative estimate of drug-likeness (QED) is 0.646. The maximum atomic E-state index is 5.74. The maximum absolute atomic E-state index is 5.74. The van der Waals surface area contributed by atoms with Crippen LogP contribution in [0.1, 0.15) is 43.0 Å². The van der Waals surface area contributed by atoms with Crippen molar-refractivity contribution in [1.82, 2.24) is 9.66 Å². The summed E-state index contributed by atoms with van der Waals surface area (Å²) in [5.41, 5.74) is 9.05. The van der Waals surface area contributed by atoms with Gasteiger partial charge in [-0.05, 0) is 30.9 Å². The second-order valence-corrected chi connectivity index (χ2v) is 5.03. The summed E-state index contributed by atoms with van der Waals surface area (Å²) >= 11 is 0. The Labute approximate surface area is 120 Å². The molecule has 0 fully saturated rings. The number of nitrogen functional groups attached to an aromatic ring is 1. The zero-order chi connectivity index (χ0) is 14.4. The molecule has 0 saturated heterocycles. The number of aryl methyl sites for hydroxylation is 2. The van der Waals surface area contributed by atoms with Gasteiger partial charge in [0, 0.05) is 0 Å². The number of imidazole rings is 1. The summed E-state index contributed by atoms with van der Waals surface area (Å²) in [6.07, 6.45) is 8.57. The molecule has 4 heteroatoms. The standard InChI is InChI=1S/C16H22N4/c1-3-4-5-6-14-7-9-15(10-8-14)11-18-20-12-13(2)19-16(20)17/h7-12H,3-6H2,1-2H3,(H2,17,19). The molecule has 2 N–H and O–H groups in total. The zero-order valence-corrected chi connectivity index (χ0v) is 12.2. The largest absolute Gasteiger partial charge is 0.368 e. The van der Waals surface area contributed by atoms with Crippen LogP contribution < -0.4 is 5.73 Å². The molecule has 1 heterocycles. The Balaban J connectivity index is 1.98. The number of hydrogen-bond acceptors (Lipinski definition) is 3. The van der Waals surface area contributed by atoms with Crippen molar-refractivity contribution in [2.75, 3.05) is 5.73 Å². The van der Waals surface area contributed by atoms with Crippen LogP contribution in [-0.2, 0) is 6.42 Å². The molecule has 1 aromatic carbocycles. The van der Waals surface area contributed by atoms with Gasteiger partial charge in [-0.25, -0.2) is 9.66 Å². The Morgan fingerprint density at radius 1 is 1.25 bits per heavy atom. The van der Waals surface area contributed by atoms with Crippen LogP contribution in [0, 0.1) is 6.92 Å². The van der Waals surface area contributed by atoms with Gasteiger partial charge >= 0.3 is 0 Å². The number of hydrogen-bond donors (Lipinski definition) is 1. The average molecular weight is 270 g/mol. The van der Waals surface area contributed by atoms with Crippen LogP contribution in [0.15, 0.2) is 35.6 Å². The fourth-order valence-electron chi connectivity index (χ4n) is 2.07. The van der Waals surface area contributed by atoms with Crippen molar-refractivity contribution in [2.24, 2.45) is 5.10 Å². The number of anilines is 1. The van der Waals surface area contributed by atoms with Crippen molar-refractivity contribution >= 4 is 12.2 Å². The number of nitrogens with two attached hydrogens (primary N) is 1. The van der Waals surface area contributed by atoms with Gasteiger partial charge in [-0.3, -0.25) is 0 Å². The molecular formula is C16H22N4. The summed E-state index contributed by atoms with van der Waals surface area (Å²) in [6, 6.07) is 8.51. The van der Waals surface area contributed by atoms with Crippen molar-refractivity contribution in [3.05, 3.63) is 47.3 Å². The highest BCUT2D eigenvalue weighted by molar-refractivity contribution is 5.79. The smallest absolute Gasteiger partial charge is 0.221 e. The van der Waals surface area contributed by atoms with Crippen molar-refractivity contribution in [3.63, 3.8) is 0 Å². The van der Waals surface area contributed by atoms with E-state index < -0.39 is 0 Å². The van der Waals surface area contributed by atoms with Crippen molar-refractivity contribution in [1.29, 1.82) is 0 Å². The minimum atomic E-state index is 0.412. The number of nitrogens with zero attached hydrogens (tertiary/aromatic N) is 3. The Kier molecular flexibility index (Phi) is 4.93. The monoisotopic (exact) mass is 270 g/mol. The normalized spacial score (nSPS) is 11.3. The first kappa shape index (κ1) is 14.3. The van der Waals surface area contributed by atoms with Crippen LogP contribution >= 0.6 is 0 Å². The molecule has 0 saturated carbocycles. The van der Waals surface area contributed by atoms with E-state index in [2.05, 4.69) is 41.3 Å². The molecule has 0 spiro atoms. The van der Waals surface area contributed by atoms with E-state index in [0.717, 1.165) is 17.7 Å². The third-order valence-corrected chi connectivity index (χ3v) is 3.21. The van der Waals surface area contributed by atoms with Crippen LogP contribution in [0.2, 0.25) is 0 Å². The van der Waals surface area contributed by atoms with E-state index in [1.807, 2.05) is 13.1 Å². The minimum Gasteiger partial charge on any atom is -0.368 e. The molecule has 0 atom stereocenters. The minimum absolute atomic E-state index is 0.412. The van der Waals surface area contributed by atoms with Crippen LogP contribution in [0.25, 0.3) is 0 Å². The number of aromatic nitrogens is 2. The second-order valence-electron chi connectivity index (χ2n) is 5.03. The van der Waals surface area contributed by atoms with Gasteiger partial charge in [-0.1, -0.05) is 44.0 Å².